The summed E-state index contributed by atoms with van der Waals surface area (Å²) in [5.41, 5.74) is 4.33. The number of hydrazine groups is 1. The topological polar surface area (TPSA) is 81.8 Å². The summed E-state index contributed by atoms with van der Waals surface area (Å²) in [6, 6.07) is 11.2. The Labute approximate surface area is 172 Å². The zero-order valence-corrected chi connectivity index (χ0v) is 16.6. The fourth-order valence-electron chi connectivity index (χ4n) is 2.91. The molecule has 3 rings (SSSR count). The molecule has 2 N–H and O–H groups in total. The van der Waals surface area contributed by atoms with Gasteiger partial charge < -0.3 is 5.32 Å². The zero-order valence-electron chi connectivity index (χ0n) is 15.8. The molecular weight excluding hydrogens is 395 g/mol. The first-order valence-electron chi connectivity index (χ1n) is 8.80. The maximum absolute atomic E-state index is 13.1. The van der Waals surface area contributed by atoms with E-state index in [-0.39, 0.29) is 17.1 Å². The highest BCUT2D eigenvalue weighted by atomic mass is 32.1. The number of anilines is 1. The summed E-state index contributed by atoms with van der Waals surface area (Å²) >= 11 is 5.23. The van der Waals surface area contributed by atoms with Gasteiger partial charge in [0.1, 0.15) is 11.9 Å². The van der Waals surface area contributed by atoms with E-state index < -0.39 is 29.6 Å². The van der Waals surface area contributed by atoms with Crippen molar-refractivity contribution < 1.29 is 18.8 Å². The smallest absolute Gasteiger partial charge is 0.269 e. The second-order valence-electron chi connectivity index (χ2n) is 6.64. The average Bonchev–Trinajstić information content (AvgIpc) is 2.87. The molecule has 0 aliphatic carbocycles. The predicted octanol–water partition coefficient (Wildman–Crippen LogP) is 2.24. The number of hydrogen-bond donors (Lipinski definition) is 2. The summed E-state index contributed by atoms with van der Waals surface area (Å²) in [5, 5.41) is 4.00. The van der Waals surface area contributed by atoms with Gasteiger partial charge in [-0.3, -0.25) is 24.7 Å². The van der Waals surface area contributed by atoms with E-state index >= 15 is 0 Å². The standard InChI is InChI=1S/C20H19FN4O3S/c1-12-4-3-5-15(10-12)22-17(26)11-16-19(28)24(2)20(29)25(16)23-18(27)13-6-8-14(21)9-7-13/h3-10,16H,11H2,1-2H3,(H,22,26)(H,23,27). The molecule has 7 nitrogen and oxygen atoms in total. The van der Waals surface area contributed by atoms with Crippen LogP contribution in [-0.2, 0) is 9.59 Å². The second kappa shape index (κ2) is 8.36. The van der Waals surface area contributed by atoms with Crippen molar-refractivity contribution in [2.75, 3.05) is 12.4 Å². The number of benzene rings is 2. The van der Waals surface area contributed by atoms with Gasteiger partial charge in [0, 0.05) is 18.3 Å². The summed E-state index contributed by atoms with van der Waals surface area (Å²) in [6.07, 6.45) is -0.207. The van der Waals surface area contributed by atoms with E-state index in [9.17, 15) is 18.8 Å². The molecule has 1 saturated heterocycles. The van der Waals surface area contributed by atoms with Gasteiger partial charge in [0.2, 0.25) is 5.91 Å². The van der Waals surface area contributed by atoms with Crippen molar-refractivity contribution in [2.24, 2.45) is 0 Å². The highest BCUT2D eigenvalue weighted by molar-refractivity contribution is 7.80. The Bertz CT molecular complexity index is 980. The third-order valence-electron chi connectivity index (χ3n) is 4.43. The highest BCUT2D eigenvalue weighted by Crippen LogP contribution is 2.19. The van der Waals surface area contributed by atoms with Crippen LogP contribution in [0.15, 0.2) is 48.5 Å². The van der Waals surface area contributed by atoms with Crippen LogP contribution in [0, 0.1) is 12.7 Å². The summed E-state index contributed by atoms with van der Waals surface area (Å²) in [4.78, 5) is 38.7. The molecular formula is C20H19FN4O3S. The van der Waals surface area contributed by atoms with Crippen molar-refractivity contribution >= 4 is 40.7 Å². The number of thiocarbonyl (C=S) groups is 1. The van der Waals surface area contributed by atoms with Gasteiger partial charge in [-0.05, 0) is 61.1 Å². The van der Waals surface area contributed by atoms with E-state index in [4.69, 9.17) is 12.2 Å². The fraction of sp³-hybridized carbons (Fsp3) is 0.200. The zero-order chi connectivity index (χ0) is 21.1. The molecule has 2 aromatic rings. The molecule has 1 fully saturated rings. The van der Waals surface area contributed by atoms with E-state index in [1.807, 2.05) is 19.1 Å². The maximum atomic E-state index is 13.1. The van der Waals surface area contributed by atoms with Crippen LogP contribution in [0.4, 0.5) is 10.1 Å². The number of aryl methyl sites for hydroxylation is 1. The number of likely N-dealkylation sites (N-methyl/N-ethyl adjacent to an activating group) is 1. The van der Waals surface area contributed by atoms with Crippen LogP contribution in [0.2, 0.25) is 0 Å². The molecule has 1 aliphatic rings. The van der Waals surface area contributed by atoms with Gasteiger partial charge in [-0.15, -0.1) is 0 Å². The lowest BCUT2D eigenvalue weighted by Gasteiger charge is -2.24. The number of amides is 3. The molecule has 0 spiro atoms. The number of nitrogens with one attached hydrogen (secondary N) is 2. The molecule has 0 bridgehead atoms. The van der Waals surface area contributed by atoms with Gasteiger partial charge in [0.25, 0.3) is 11.8 Å². The number of carbonyl (C=O) groups excluding carboxylic acids is 3. The van der Waals surface area contributed by atoms with E-state index in [0.717, 1.165) is 17.7 Å². The fourth-order valence-corrected chi connectivity index (χ4v) is 3.18. The van der Waals surface area contributed by atoms with Crippen LogP contribution in [0.25, 0.3) is 0 Å². The quantitative estimate of drug-likeness (QED) is 0.734. The minimum atomic E-state index is -0.985. The van der Waals surface area contributed by atoms with Gasteiger partial charge >= 0.3 is 0 Å². The van der Waals surface area contributed by atoms with Gasteiger partial charge in [0.05, 0.1) is 6.42 Å². The third kappa shape index (κ3) is 4.57. The molecule has 1 heterocycles. The molecule has 0 radical (unpaired) electrons. The first-order valence-corrected chi connectivity index (χ1v) is 9.21. The van der Waals surface area contributed by atoms with E-state index in [0.29, 0.717) is 5.69 Å². The molecule has 9 heteroatoms. The largest absolute Gasteiger partial charge is 0.326 e. The number of nitrogens with zero attached hydrogens (tertiary/aromatic N) is 2. The van der Waals surface area contributed by atoms with E-state index in [2.05, 4.69) is 10.7 Å². The third-order valence-corrected chi connectivity index (χ3v) is 4.90. The average molecular weight is 414 g/mol. The van der Waals surface area contributed by atoms with Gasteiger partial charge in [-0.25, -0.2) is 9.40 Å². The highest BCUT2D eigenvalue weighted by Gasteiger charge is 2.42. The molecule has 1 aliphatic heterocycles. The Morgan fingerprint density at radius 2 is 1.86 bits per heavy atom. The lowest BCUT2D eigenvalue weighted by molar-refractivity contribution is -0.130. The van der Waals surface area contributed by atoms with E-state index in [1.165, 1.54) is 29.1 Å². The Kier molecular flexibility index (Phi) is 5.88. The van der Waals surface area contributed by atoms with Crippen LogP contribution >= 0.6 is 12.2 Å². The molecule has 1 unspecified atom stereocenters. The number of rotatable bonds is 5. The minimum Gasteiger partial charge on any atom is -0.326 e. The molecule has 0 aromatic heterocycles. The van der Waals surface area contributed by atoms with Crippen molar-refractivity contribution in [3.05, 3.63) is 65.5 Å². The van der Waals surface area contributed by atoms with Gasteiger partial charge in [-0.2, -0.15) is 0 Å². The summed E-state index contributed by atoms with van der Waals surface area (Å²) < 4.78 is 13.1. The second-order valence-corrected chi connectivity index (χ2v) is 7.00. The van der Waals surface area contributed by atoms with Crippen LogP contribution in [0.1, 0.15) is 22.3 Å². The first kappa shape index (κ1) is 20.4. The monoisotopic (exact) mass is 414 g/mol. The minimum absolute atomic E-state index is 0.0683. The van der Waals surface area contributed by atoms with Crippen molar-refractivity contribution in [1.82, 2.24) is 15.3 Å². The Morgan fingerprint density at radius 3 is 2.52 bits per heavy atom. The molecule has 3 amide bonds. The maximum Gasteiger partial charge on any atom is 0.269 e. The molecule has 150 valence electrons. The van der Waals surface area contributed by atoms with Gasteiger partial charge in [0.15, 0.2) is 5.11 Å². The predicted molar refractivity (Wildman–Crippen MR) is 109 cm³/mol. The summed E-state index contributed by atoms with van der Waals surface area (Å²) in [7, 11) is 1.47. The molecule has 2 aromatic carbocycles. The molecule has 0 saturated carbocycles. The first-order chi connectivity index (χ1) is 13.8. The Hall–Kier alpha value is -3.33. The van der Waals surface area contributed by atoms with Crippen LogP contribution in [-0.4, -0.2) is 45.8 Å². The van der Waals surface area contributed by atoms with Crippen LogP contribution < -0.4 is 10.7 Å². The van der Waals surface area contributed by atoms with Crippen molar-refractivity contribution in [3.8, 4) is 0 Å². The summed E-state index contributed by atoms with van der Waals surface area (Å²) in [5.74, 6) is -1.85. The van der Waals surface area contributed by atoms with Crippen LogP contribution in [0.5, 0.6) is 0 Å². The summed E-state index contributed by atoms with van der Waals surface area (Å²) in [6.45, 7) is 1.90. The normalized spacial score (nSPS) is 16.2. The van der Waals surface area contributed by atoms with Crippen molar-refractivity contribution in [2.45, 2.75) is 19.4 Å². The number of hydrogen-bond acceptors (Lipinski definition) is 4. The lowest BCUT2D eigenvalue weighted by atomic mass is 10.1. The van der Waals surface area contributed by atoms with Crippen molar-refractivity contribution in [1.29, 1.82) is 0 Å². The Morgan fingerprint density at radius 1 is 1.17 bits per heavy atom. The Balaban J connectivity index is 1.73. The SMILES string of the molecule is Cc1cccc(NC(=O)CC2C(=O)N(C)C(=S)N2NC(=O)c2ccc(F)cc2)c1. The number of carbonyl (C=O) groups is 3. The molecule has 29 heavy (non-hydrogen) atoms. The van der Waals surface area contributed by atoms with E-state index in [1.54, 1.807) is 12.1 Å². The molecule has 1 atom stereocenters. The van der Waals surface area contributed by atoms with Crippen LogP contribution in [0.3, 0.4) is 0 Å². The lowest BCUT2D eigenvalue weighted by Crippen LogP contribution is -2.49. The van der Waals surface area contributed by atoms with Gasteiger partial charge in [-0.1, -0.05) is 12.1 Å². The van der Waals surface area contributed by atoms with Crippen molar-refractivity contribution in [3.63, 3.8) is 0 Å². The number of halogens is 1.